The smallest absolute Gasteiger partial charge is 0.272 e. The van der Waals surface area contributed by atoms with Crippen LogP contribution in [0.15, 0.2) is 24.3 Å². The van der Waals surface area contributed by atoms with Crippen molar-refractivity contribution in [3.05, 3.63) is 30.0 Å². The van der Waals surface area contributed by atoms with Gasteiger partial charge in [0.2, 0.25) is 0 Å². The number of halogens is 1. The second-order valence-corrected chi connectivity index (χ2v) is 5.78. The van der Waals surface area contributed by atoms with Gasteiger partial charge in [-0.25, -0.2) is 0 Å². The Kier molecular flexibility index (Phi) is 4.88. The van der Waals surface area contributed by atoms with E-state index in [1.165, 1.54) is 0 Å². The molecule has 2 aromatic rings. The Hall–Kier alpha value is -1.55. The number of fused-ring (bicyclic) bond motifs is 1. The van der Waals surface area contributed by atoms with Gasteiger partial charge in [-0.3, -0.25) is 9.48 Å². The molecule has 0 bridgehead atoms. The van der Waals surface area contributed by atoms with Crippen LogP contribution in [-0.4, -0.2) is 28.1 Å². The summed E-state index contributed by atoms with van der Waals surface area (Å²) >= 11 is 6.08. The number of aromatic nitrogens is 2. The van der Waals surface area contributed by atoms with Crippen LogP contribution in [0.1, 0.15) is 37.2 Å². The highest BCUT2D eigenvalue weighted by atomic mass is 35.5. The maximum absolute atomic E-state index is 12.4. The van der Waals surface area contributed by atoms with Gasteiger partial charge in [-0.2, -0.15) is 5.10 Å². The predicted molar refractivity (Wildman–Crippen MR) is 86.8 cm³/mol. The Balaban J connectivity index is 2.20. The van der Waals surface area contributed by atoms with Crippen LogP contribution < -0.4 is 5.32 Å². The molecule has 0 fully saturated rings. The fraction of sp³-hybridized carbons (Fsp3) is 0.500. The van der Waals surface area contributed by atoms with Crippen LogP contribution in [0.2, 0.25) is 0 Å². The molecule has 0 atom stereocenters. The van der Waals surface area contributed by atoms with Crippen molar-refractivity contribution in [2.75, 3.05) is 12.4 Å². The number of nitrogens with zero attached hydrogens (tertiary/aromatic N) is 2. The normalized spacial score (nSPS) is 11.8. The number of amides is 1. The van der Waals surface area contributed by atoms with Crippen molar-refractivity contribution in [1.29, 1.82) is 0 Å². The lowest BCUT2D eigenvalue weighted by Gasteiger charge is -2.29. The highest BCUT2D eigenvalue weighted by Crippen LogP contribution is 2.27. The molecule has 0 radical (unpaired) electrons. The zero-order chi connectivity index (χ0) is 15.5. The number of hydrogen-bond donors (Lipinski definition) is 1. The van der Waals surface area contributed by atoms with Crippen LogP contribution in [-0.2, 0) is 7.05 Å². The molecule has 0 saturated heterocycles. The summed E-state index contributed by atoms with van der Waals surface area (Å²) in [6.45, 7) is 4.79. The van der Waals surface area contributed by atoms with Crippen molar-refractivity contribution in [2.24, 2.45) is 12.5 Å². The second kappa shape index (κ2) is 6.48. The fourth-order valence-corrected chi connectivity index (χ4v) is 2.94. The van der Waals surface area contributed by atoms with Crippen LogP contribution in [0.25, 0.3) is 10.9 Å². The summed E-state index contributed by atoms with van der Waals surface area (Å²) in [5.41, 5.74) is 1.39. The average Bonchev–Trinajstić information content (AvgIpc) is 2.87. The molecule has 1 amide bonds. The van der Waals surface area contributed by atoms with E-state index < -0.39 is 0 Å². The van der Waals surface area contributed by atoms with E-state index >= 15 is 0 Å². The zero-order valence-electron chi connectivity index (χ0n) is 12.8. The summed E-state index contributed by atoms with van der Waals surface area (Å²) in [6.07, 6.45) is 1.88. The van der Waals surface area contributed by atoms with Gasteiger partial charge in [0.05, 0.1) is 5.52 Å². The number of aryl methyl sites for hydroxylation is 1. The van der Waals surface area contributed by atoms with E-state index in [9.17, 15) is 4.79 Å². The van der Waals surface area contributed by atoms with E-state index in [2.05, 4.69) is 24.3 Å². The Labute approximate surface area is 130 Å². The Morgan fingerprint density at radius 1 is 1.33 bits per heavy atom. The first-order chi connectivity index (χ1) is 10.1. The third kappa shape index (κ3) is 3.05. The maximum Gasteiger partial charge on any atom is 0.272 e. The van der Waals surface area contributed by atoms with Gasteiger partial charge >= 0.3 is 0 Å². The molecule has 4 nitrogen and oxygen atoms in total. The maximum atomic E-state index is 12.4. The molecule has 1 aromatic carbocycles. The number of benzene rings is 1. The molecule has 1 N–H and O–H groups in total. The van der Waals surface area contributed by atoms with Gasteiger partial charge in [0.25, 0.3) is 5.91 Å². The summed E-state index contributed by atoms with van der Waals surface area (Å²) in [5.74, 6) is 0.409. The topological polar surface area (TPSA) is 46.9 Å². The molecule has 1 aromatic heterocycles. The largest absolute Gasteiger partial charge is 0.350 e. The molecule has 0 aliphatic rings. The van der Waals surface area contributed by atoms with E-state index in [1.54, 1.807) is 4.68 Å². The highest BCUT2D eigenvalue weighted by molar-refractivity contribution is 6.18. The van der Waals surface area contributed by atoms with E-state index in [-0.39, 0.29) is 11.3 Å². The van der Waals surface area contributed by atoms with E-state index in [0.717, 1.165) is 23.7 Å². The molecule has 0 aliphatic carbocycles. The molecule has 0 spiro atoms. The minimum absolute atomic E-state index is 0.0399. The second-order valence-electron chi connectivity index (χ2n) is 5.51. The average molecular weight is 308 g/mol. The van der Waals surface area contributed by atoms with Gasteiger partial charge in [-0.05, 0) is 18.9 Å². The molecule has 5 heteroatoms. The first kappa shape index (κ1) is 15.8. The van der Waals surface area contributed by atoms with E-state index in [1.807, 2.05) is 31.3 Å². The van der Waals surface area contributed by atoms with Crippen LogP contribution in [0.4, 0.5) is 0 Å². The standard InChI is InChI=1S/C16H22ClN3O/c1-4-16(5-2,10-17)11-18-15(21)14-12-8-6-7-9-13(12)20(3)19-14/h6-9H,4-5,10-11H2,1-3H3,(H,18,21). The molecule has 0 unspecified atom stereocenters. The SMILES string of the molecule is CCC(CC)(CCl)CNC(=O)c1nn(C)c2ccccc12. The number of carbonyl (C=O) groups is 1. The van der Waals surface area contributed by atoms with Gasteiger partial charge in [0.1, 0.15) is 0 Å². The first-order valence-electron chi connectivity index (χ1n) is 7.33. The molecule has 2 rings (SSSR count). The number of nitrogens with one attached hydrogen (secondary N) is 1. The summed E-state index contributed by atoms with van der Waals surface area (Å²) in [7, 11) is 1.85. The molecule has 114 valence electrons. The molecular formula is C16H22ClN3O. The van der Waals surface area contributed by atoms with Crippen molar-refractivity contribution in [2.45, 2.75) is 26.7 Å². The fourth-order valence-electron chi connectivity index (χ4n) is 2.47. The molecule has 1 heterocycles. The summed E-state index contributed by atoms with van der Waals surface area (Å²) in [5, 5.41) is 8.22. The minimum atomic E-state index is -0.136. The zero-order valence-corrected chi connectivity index (χ0v) is 13.6. The van der Waals surface area contributed by atoms with E-state index in [4.69, 9.17) is 11.6 Å². The monoisotopic (exact) mass is 307 g/mol. The van der Waals surface area contributed by atoms with Crippen molar-refractivity contribution in [1.82, 2.24) is 15.1 Å². The number of hydrogen-bond acceptors (Lipinski definition) is 2. The third-order valence-electron chi connectivity index (χ3n) is 4.38. The first-order valence-corrected chi connectivity index (χ1v) is 7.86. The molecule has 0 aliphatic heterocycles. The number of carbonyl (C=O) groups excluding carboxylic acids is 1. The van der Waals surface area contributed by atoms with Crippen molar-refractivity contribution in [3.63, 3.8) is 0 Å². The summed E-state index contributed by atoms with van der Waals surface area (Å²) < 4.78 is 1.73. The predicted octanol–water partition coefficient (Wildman–Crippen LogP) is 3.35. The number of para-hydroxylation sites is 1. The lowest BCUT2D eigenvalue weighted by atomic mass is 9.84. The molecule has 0 saturated carbocycles. The summed E-state index contributed by atoms with van der Waals surface area (Å²) in [4.78, 5) is 12.4. The van der Waals surface area contributed by atoms with Gasteiger partial charge in [-0.15, -0.1) is 11.6 Å². The number of rotatable bonds is 6. The van der Waals surface area contributed by atoms with Gasteiger partial charge in [0, 0.05) is 30.3 Å². The van der Waals surface area contributed by atoms with E-state index in [0.29, 0.717) is 18.1 Å². The van der Waals surface area contributed by atoms with Crippen LogP contribution in [0, 0.1) is 5.41 Å². The van der Waals surface area contributed by atoms with Gasteiger partial charge in [-0.1, -0.05) is 32.0 Å². The van der Waals surface area contributed by atoms with Gasteiger partial charge < -0.3 is 5.32 Å². The molecular weight excluding hydrogens is 286 g/mol. The van der Waals surface area contributed by atoms with Crippen molar-refractivity contribution >= 4 is 28.4 Å². The Morgan fingerprint density at radius 3 is 2.62 bits per heavy atom. The third-order valence-corrected chi connectivity index (χ3v) is 4.95. The number of alkyl halides is 1. The van der Waals surface area contributed by atoms with Crippen LogP contribution in [0.3, 0.4) is 0 Å². The van der Waals surface area contributed by atoms with Crippen molar-refractivity contribution < 1.29 is 4.79 Å². The van der Waals surface area contributed by atoms with Gasteiger partial charge in [0.15, 0.2) is 5.69 Å². The van der Waals surface area contributed by atoms with Crippen molar-refractivity contribution in [3.8, 4) is 0 Å². The van der Waals surface area contributed by atoms with Crippen LogP contribution >= 0.6 is 11.6 Å². The molecule has 21 heavy (non-hydrogen) atoms. The lowest BCUT2D eigenvalue weighted by molar-refractivity contribution is 0.0927. The Bertz CT molecular complexity index is 623. The quantitative estimate of drug-likeness (QED) is 0.832. The Morgan fingerprint density at radius 2 is 2.00 bits per heavy atom. The summed E-state index contributed by atoms with van der Waals surface area (Å²) in [6, 6.07) is 7.74. The van der Waals surface area contributed by atoms with Crippen LogP contribution in [0.5, 0.6) is 0 Å². The highest BCUT2D eigenvalue weighted by Gasteiger charge is 2.26. The minimum Gasteiger partial charge on any atom is -0.350 e. The lowest BCUT2D eigenvalue weighted by Crippen LogP contribution is -2.38.